The van der Waals surface area contributed by atoms with E-state index >= 15 is 0 Å². The highest BCUT2D eigenvalue weighted by atomic mass is 16.5. The number of nitrogens with one attached hydrogen (secondary N) is 1. The maximum atomic E-state index is 11.5. The molecule has 0 saturated heterocycles. The molecule has 1 rings (SSSR count). The summed E-state index contributed by atoms with van der Waals surface area (Å²) in [6.07, 6.45) is 3.99. The number of ether oxygens (including phenoxy) is 1. The molecule has 1 saturated carbocycles. The molecule has 5 heteroatoms. The lowest BCUT2D eigenvalue weighted by Gasteiger charge is -2.30. The Bertz CT molecular complexity index is 253. The first-order valence-electron chi connectivity index (χ1n) is 5.25. The van der Waals surface area contributed by atoms with Crippen LogP contribution < -0.4 is 11.1 Å². The zero-order valence-corrected chi connectivity index (χ0v) is 9.32. The van der Waals surface area contributed by atoms with Crippen molar-refractivity contribution in [2.24, 2.45) is 16.6 Å². The minimum absolute atomic E-state index is 0.0647. The largest absolute Gasteiger partial charge is 0.469 e. The van der Waals surface area contributed by atoms with Crippen LogP contribution in [0.25, 0.3) is 0 Å². The minimum Gasteiger partial charge on any atom is -0.469 e. The fourth-order valence-corrected chi connectivity index (χ4v) is 1.99. The Morgan fingerprint density at radius 1 is 1.47 bits per heavy atom. The first-order chi connectivity index (χ1) is 7.19. The van der Waals surface area contributed by atoms with Gasteiger partial charge in [0, 0.05) is 13.1 Å². The monoisotopic (exact) mass is 213 g/mol. The number of nitrogens with zero attached hydrogens (tertiary/aromatic N) is 1. The lowest BCUT2D eigenvalue weighted by atomic mass is 9.84. The van der Waals surface area contributed by atoms with Crippen LogP contribution in [0.2, 0.25) is 0 Å². The van der Waals surface area contributed by atoms with Crippen molar-refractivity contribution in [2.45, 2.75) is 31.7 Å². The van der Waals surface area contributed by atoms with E-state index in [1.807, 2.05) is 0 Å². The summed E-state index contributed by atoms with van der Waals surface area (Å²) < 4.78 is 4.78. The van der Waals surface area contributed by atoms with Crippen LogP contribution in [-0.4, -0.2) is 32.1 Å². The molecule has 2 unspecified atom stereocenters. The lowest BCUT2D eigenvalue weighted by molar-refractivity contribution is -0.147. The van der Waals surface area contributed by atoms with E-state index in [4.69, 9.17) is 10.5 Å². The molecule has 15 heavy (non-hydrogen) atoms. The van der Waals surface area contributed by atoms with Gasteiger partial charge in [0.2, 0.25) is 0 Å². The van der Waals surface area contributed by atoms with Gasteiger partial charge in [-0.25, -0.2) is 0 Å². The molecule has 0 spiro atoms. The van der Waals surface area contributed by atoms with E-state index in [-0.39, 0.29) is 17.9 Å². The highest BCUT2D eigenvalue weighted by Crippen LogP contribution is 2.25. The quantitative estimate of drug-likeness (QED) is 0.392. The molecule has 0 aliphatic heterocycles. The zero-order chi connectivity index (χ0) is 11.3. The Morgan fingerprint density at radius 2 is 2.13 bits per heavy atom. The van der Waals surface area contributed by atoms with Crippen molar-refractivity contribution in [1.82, 2.24) is 5.32 Å². The number of nitrogens with two attached hydrogens (primary N) is 1. The molecule has 0 amide bonds. The van der Waals surface area contributed by atoms with Gasteiger partial charge in [0.15, 0.2) is 5.96 Å². The zero-order valence-electron chi connectivity index (χ0n) is 9.32. The average molecular weight is 213 g/mol. The maximum Gasteiger partial charge on any atom is 0.310 e. The Hall–Kier alpha value is -1.26. The van der Waals surface area contributed by atoms with Crippen LogP contribution in [0.1, 0.15) is 25.7 Å². The summed E-state index contributed by atoms with van der Waals surface area (Å²) in [6.45, 7) is 0. The second kappa shape index (κ2) is 5.58. The Morgan fingerprint density at radius 3 is 2.73 bits per heavy atom. The second-order valence-electron chi connectivity index (χ2n) is 3.77. The number of esters is 1. The molecule has 3 N–H and O–H groups in total. The van der Waals surface area contributed by atoms with Crippen LogP contribution in [0.15, 0.2) is 4.99 Å². The van der Waals surface area contributed by atoms with E-state index in [9.17, 15) is 4.79 Å². The molecule has 0 radical (unpaired) electrons. The number of guanidine groups is 1. The van der Waals surface area contributed by atoms with Crippen LogP contribution in [0.5, 0.6) is 0 Å². The van der Waals surface area contributed by atoms with E-state index < -0.39 is 0 Å². The summed E-state index contributed by atoms with van der Waals surface area (Å²) in [5, 5.41) is 3.06. The lowest BCUT2D eigenvalue weighted by Crippen LogP contribution is -2.48. The van der Waals surface area contributed by atoms with Crippen molar-refractivity contribution in [3.05, 3.63) is 0 Å². The molecule has 5 nitrogen and oxygen atoms in total. The number of aliphatic imine (C=N–C) groups is 1. The molecule has 0 heterocycles. The summed E-state index contributed by atoms with van der Waals surface area (Å²) in [6, 6.07) is 0.0647. The Labute approximate surface area is 90.1 Å². The van der Waals surface area contributed by atoms with E-state index in [0.717, 1.165) is 25.7 Å². The molecule has 0 aromatic carbocycles. The third kappa shape index (κ3) is 3.11. The highest BCUT2D eigenvalue weighted by molar-refractivity contribution is 5.80. The van der Waals surface area contributed by atoms with E-state index in [1.54, 1.807) is 7.05 Å². The van der Waals surface area contributed by atoms with Gasteiger partial charge in [0.05, 0.1) is 13.0 Å². The van der Waals surface area contributed by atoms with Gasteiger partial charge in [0.1, 0.15) is 0 Å². The smallest absolute Gasteiger partial charge is 0.310 e. The maximum absolute atomic E-state index is 11.5. The molecule has 0 aromatic heterocycles. The molecule has 1 fully saturated rings. The van der Waals surface area contributed by atoms with E-state index in [2.05, 4.69) is 10.3 Å². The molecular formula is C10H19N3O2. The van der Waals surface area contributed by atoms with E-state index in [0.29, 0.717) is 5.96 Å². The molecule has 1 aliphatic rings. The number of hydrogen-bond acceptors (Lipinski definition) is 3. The average Bonchev–Trinajstić information content (AvgIpc) is 2.28. The standard InChI is InChI=1S/C10H19N3O2/c1-12-10(11)13-8-6-4-3-5-7(8)9(14)15-2/h7-8H,3-6H2,1-2H3,(H3,11,12,13). The molecule has 86 valence electrons. The summed E-state index contributed by atoms with van der Waals surface area (Å²) in [4.78, 5) is 15.3. The van der Waals surface area contributed by atoms with Crippen molar-refractivity contribution < 1.29 is 9.53 Å². The van der Waals surface area contributed by atoms with Crippen molar-refractivity contribution in [1.29, 1.82) is 0 Å². The van der Waals surface area contributed by atoms with Crippen molar-refractivity contribution in [3.8, 4) is 0 Å². The number of hydrogen-bond donors (Lipinski definition) is 2. The van der Waals surface area contributed by atoms with Crippen LogP contribution in [0.3, 0.4) is 0 Å². The van der Waals surface area contributed by atoms with Crippen molar-refractivity contribution in [2.75, 3.05) is 14.2 Å². The molecule has 0 aromatic rings. The fourth-order valence-electron chi connectivity index (χ4n) is 1.99. The second-order valence-corrected chi connectivity index (χ2v) is 3.77. The summed E-state index contributed by atoms with van der Waals surface area (Å²) in [5.41, 5.74) is 5.59. The highest BCUT2D eigenvalue weighted by Gasteiger charge is 2.31. The normalized spacial score (nSPS) is 27.2. The number of methoxy groups -OCH3 is 1. The minimum atomic E-state index is -0.156. The first kappa shape index (κ1) is 11.8. The van der Waals surface area contributed by atoms with Gasteiger partial charge in [0.25, 0.3) is 0 Å². The summed E-state index contributed by atoms with van der Waals surface area (Å²) in [5.74, 6) is 0.135. The van der Waals surface area contributed by atoms with Gasteiger partial charge >= 0.3 is 5.97 Å². The van der Waals surface area contributed by atoms with Crippen LogP contribution in [0, 0.1) is 5.92 Å². The molecular weight excluding hydrogens is 194 g/mol. The SMILES string of the molecule is CN=C(N)NC1CCCCC1C(=O)OC. The van der Waals surface area contributed by atoms with Crippen molar-refractivity contribution >= 4 is 11.9 Å². The molecule has 0 bridgehead atoms. The van der Waals surface area contributed by atoms with Gasteiger partial charge in [-0.3, -0.25) is 9.79 Å². The Kier molecular flexibility index (Phi) is 4.39. The number of carbonyl (C=O) groups is 1. The third-order valence-corrected chi connectivity index (χ3v) is 2.84. The predicted molar refractivity (Wildman–Crippen MR) is 58.4 cm³/mol. The predicted octanol–water partition coefficient (Wildman–Crippen LogP) is 0.252. The first-order valence-corrected chi connectivity index (χ1v) is 5.25. The summed E-state index contributed by atoms with van der Waals surface area (Å²) >= 11 is 0. The van der Waals surface area contributed by atoms with Crippen LogP contribution >= 0.6 is 0 Å². The number of rotatable bonds is 2. The van der Waals surface area contributed by atoms with Gasteiger partial charge in [-0.05, 0) is 12.8 Å². The van der Waals surface area contributed by atoms with Crippen LogP contribution in [-0.2, 0) is 9.53 Å². The van der Waals surface area contributed by atoms with Crippen molar-refractivity contribution in [3.63, 3.8) is 0 Å². The fraction of sp³-hybridized carbons (Fsp3) is 0.800. The number of carbonyl (C=O) groups excluding carboxylic acids is 1. The van der Waals surface area contributed by atoms with Gasteiger partial charge in [-0.15, -0.1) is 0 Å². The van der Waals surface area contributed by atoms with Gasteiger partial charge in [-0.2, -0.15) is 0 Å². The Balaban J connectivity index is 2.61. The van der Waals surface area contributed by atoms with E-state index in [1.165, 1.54) is 7.11 Å². The van der Waals surface area contributed by atoms with Crippen LogP contribution in [0.4, 0.5) is 0 Å². The topological polar surface area (TPSA) is 76.7 Å². The van der Waals surface area contributed by atoms with Gasteiger partial charge in [-0.1, -0.05) is 12.8 Å². The van der Waals surface area contributed by atoms with Gasteiger partial charge < -0.3 is 15.8 Å². The molecule has 1 aliphatic carbocycles. The molecule has 2 atom stereocenters. The third-order valence-electron chi connectivity index (χ3n) is 2.84. The summed E-state index contributed by atoms with van der Waals surface area (Å²) in [7, 11) is 3.05.